The molecule has 132 valence electrons. The Kier molecular flexibility index (Phi) is 4.92. The van der Waals surface area contributed by atoms with Crippen molar-refractivity contribution in [2.75, 3.05) is 18.4 Å². The molecule has 9 heteroatoms. The second-order valence-corrected chi connectivity index (χ2v) is 5.97. The fourth-order valence-corrected chi connectivity index (χ4v) is 3.01. The van der Waals surface area contributed by atoms with Gasteiger partial charge < -0.3 is 10.2 Å². The number of urea groups is 1. The van der Waals surface area contributed by atoms with Crippen molar-refractivity contribution in [1.82, 2.24) is 19.7 Å². The normalized spacial score (nSPS) is 15.2. The van der Waals surface area contributed by atoms with Crippen molar-refractivity contribution in [3.05, 3.63) is 46.5 Å². The lowest BCUT2D eigenvalue weighted by atomic mass is 9.92. The molecule has 3 heterocycles. The number of piperidine rings is 1. The maximum absolute atomic E-state index is 12.4. The molecule has 2 amide bonds. The average molecular weight is 344 g/mol. The molecule has 0 bridgehead atoms. The highest BCUT2D eigenvalue weighted by molar-refractivity contribution is 5.91. The first kappa shape index (κ1) is 16.9. The SMILES string of the molecule is CCn1cc(C2CCN(C(=O)Nc3ccncc3[N+](=O)[O-])CC2)cn1. The molecule has 0 spiro atoms. The lowest BCUT2D eigenvalue weighted by Crippen LogP contribution is -2.40. The Balaban J connectivity index is 1.59. The zero-order valence-corrected chi connectivity index (χ0v) is 14.0. The molecule has 25 heavy (non-hydrogen) atoms. The van der Waals surface area contributed by atoms with E-state index >= 15 is 0 Å². The lowest BCUT2D eigenvalue weighted by Gasteiger charge is -2.31. The quantitative estimate of drug-likeness (QED) is 0.678. The van der Waals surface area contributed by atoms with Crippen LogP contribution in [0.1, 0.15) is 31.2 Å². The number of nitrogens with zero attached hydrogens (tertiary/aromatic N) is 5. The zero-order chi connectivity index (χ0) is 17.8. The van der Waals surface area contributed by atoms with E-state index in [1.165, 1.54) is 17.8 Å². The minimum atomic E-state index is -0.555. The molecule has 2 aromatic rings. The van der Waals surface area contributed by atoms with Gasteiger partial charge in [-0.15, -0.1) is 0 Å². The molecule has 1 aliphatic heterocycles. The summed E-state index contributed by atoms with van der Waals surface area (Å²) in [6, 6.07) is 1.11. The van der Waals surface area contributed by atoms with E-state index in [2.05, 4.69) is 21.6 Å². The molecule has 3 rings (SSSR count). The maximum atomic E-state index is 12.4. The Bertz CT molecular complexity index is 767. The van der Waals surface area contributed by atoms with Gasteiger partial charge in [-0.2, -0.15) is 5.10 Å². The van der Waals surface area contributed by atoms with Gasteiger partial charge in [0.05, 0.1) is 11.1 Å². The highest BCUT2D eigenvalue weighted by atomic mass is 16.6. The van der Waals surface area contributed by atoms with Gasteiger partial charge in [-0.1, -0.05) is 0 Å². The van der Waals surface area contributed by atoms with E-state index in [9.17, 15) is 14.9 Å². The molecule has 1 N–H and O–H groups in total. The average Bonchev–Trinajstić information content (AvgIpc) is 3.11. The van der Waals surface area contributed by atoms with E-state index in [0.717, 1.165) is 25.6 Å². The molecule has 0 aliphatic carbocycles. The van der Waals surface area contributed by atoms with E-state index in [1.54, 1.807) is 4.90 Å². The van der Waals surface area contributed by atoms with Gasteiger partial charge in [0.2, 0.25) is 0 Å². The Labute approximate surface area is 144 Å². The van der Waals surface area contributed by atoms with Crippen LogP contribution in [0.15, 0.2) is 30.9 Å². The molecule has 0 aromatic carbocycles. The van der Waals surface area contributed by atoms with Crippen LogP contribution in [0.3, 0.4) is 0 Å². The molecule has 1 saturated heterocycles. The fourth-order valence-electron chi connectivity index (χ4n) is 3.01. The van der Waals surface area contributed by atoms with Crippen molar-refractivity contribution >= 4 is 17.4 Å². The Morgan fingerprint density at radius 3 is 2.80 bits per heavy atom. The smallest absolute Gasteiger partial charge is 0.322 e. The number of pyridine rings is 1. The predicted octanol–water partition coefficient (Wildman–Crippen LogP) is 2.62. The van der Waals surface area contributed by atoms with E-state index in [-0.39, 0.29) is 17.4 Å². The first-order valence-electron chi connectivity index (χ1n) is 8.25. The fraction of sp³-hybridized carbons (Fsp3) is 0.438. The number of hydrogen-bond acceptors (Lipinski definition) is 5. The number of hydrogen-bond donors (Lipinski definition) is 1. The van der Waals surface area contributed by atoms with E-state index in [4.69, 9.17) is 0 Å². The molecule has 0 unspecified atom stereocenters. The highest BCUT2D eigenvalue weighted by Crippen LogP contribution is 2.28. The van der Waals surface area contributed by atoms with E-state index < -0.39 is 4.92 Å². The summed E-state index contributed by atoms with van der Waals surface area (Å²) in [6.07, 6.45) is 8.20. The van der Waals surface area contributed by atoms with Crippen molar-refractivity contribution in [1.29, 1.82) is 0 Å². The topological polar surface area (TPSA) is 106 Å². The van der Waals surface area contributed by atoms with Crippen LogP contribution in [0.2, 0.25) is 0 Å². The number of amides is 2. The Hall–Kier alpha value is -2.97. The molecule has 9 nitrogen and oxygen atoms in total. The van der Waals surface area contributed by atoms with Crippen LogP contribution in [0.25, 0.3) is 0 Å². The van der Waals surface area contributed by atoms with Gasteiger partial charge in [0, 0.05) is 32.0 Å². The lowest BCUT2D eigenvalue weighted by molar-refractivity contribution is -0.384. The Morgan fingerprint density at radius 1 is 1.40 bits per heavy atom. The minimum absolute atomic E-state index is 0.163. The van der Waals surface area contributed by atoms with E-state index in [0.29, 0.717) is 19.0 Å². The molecule has 1 aliphatic rings. The maximum Gasteiger partial charge on any atom is 0.322 e. The molecule has 0 saturated carbocycles. The van der Waals surface area contributed by atoms with E-state index in [1.807, 2.05) is 17.8 Å². The number of carbonyl (C=O) groups is 1. The first-order valence-corrected chi connectivity index (χ1v) is 8.25. The third-order valence-corrected chi connectivity index (χ3v) is 4.47. The second kappa shape index (κ2) is 7.29. The first-order chi connectivity index (χ1) is 12.1. The van der Waals surface area contributed by atoms with Gasteiger partial charge in [0.1, 0.15) is 11.9 Å². The van der Waals surface area contributed by atoms with Crippen molar-refractivity contribution in [2.24, 2.45) is 0 Å². The predicted molar refractivity (Wildman–Crippen MR) is 91.4 cm³/mol. The van der Waals surface area contributed by atoms with Crippen LogP contribution in [0.5, 0.6) is 0 Å². The molecular weight excluding hydrogens is 324 g/mol. The summed E-state index contributed by atoms with van der Waals surface area (Å²) in [6.45, 7) is 4.09. The van der Waals surface area contributed by atoms with Crippen LogP contribution in [-0.2, 0) is 6.54 Å². The third-order valence-electron chi connectivity index (χ3n) is 4.47. The van der Waals surface area contributed by atoms with Crippen LogP contribution >= 0.6 is 0 Å². The summed E-state index contributed by atoms with van der Waals surface area (Å²) in [5.74, 6) is 0.389. The molecule has 1 fully saturated rings. The molecule has 0 radical (unpaired) electrons. The second-order valence-electron chi connectivity index (χ2n) is 5.97. The summed E-state index contributed by atoms with van der Waals surface area (Å²) < 4.78 is 1.90. The largest absolute Gasteiger partial charge is 0.324 e. The third kappa shape index (κ3) is 3.76. The minimum Gasteiger partial charge on any atom is -0.324 e. The van der Waals surface area contributed by atoms with Crippen LogP contribution in [0.4, 0.5) is 16.2 Å². The zero-order valence-electron chi connectivity index (χ0n) is 14.0. The monoisotopic (exact) mass is 344 g/mol. The summed E-state index contributed by atoms with van der Waals surface area (Å²) in [5.41, 5.74) is 1.15. The standard InChI is InChI=1S/C16H20N6O3/c1-2-21-11-13(9-18-21)12-4-7-20(8-5-12)16(23)19-14-3-6-17-10-15(14)22(24)25/h3,6,9-12H,2,4-5,7-8H2,1H3,(H,17,19,23). The molecule has 2 aromatic heterocycles. The van der Waals surface area contributed by atoms with Gasteiger partial charge in [-0.05, 0) is 37.3 Å². The van der Waals surface area contributed by atoms with Crippen LogP contribution < -0.4 is 5.32 Å². The summed E-state index contributed by atoms with van der Waals surface area (Å²) >= 11 is 0. The van der Waals surface area contributed by atoms with Crippen molar-refractivity contribution in [3.63, 3.8) is 0 Å². The number of anilines is 1. The number of carbonyl (C=O) groups excluding carboxylic acids is 1. The van der Waals surface area contributed by atoms with Crippen molar-refractivity contribution < 1.29 is 9.72 Å². The number of aromatic nitrogens is 3. The molecule has 0 atom stereocenters. The Morgan fingerprint density at radius 2 is 2.16 bits per heavy atom. The number of nitrogens with one attached hydrogen (secondary N) is 1. The summed E-state index contributed by atoms with van der Waals surface area (Å²) in [7, 11) is 0. The highest BCUT2D eigenvalue weighted by Gasteiger charge is 2.26. The summed E-state index contributed by atoms with van der Waals surface area (Å²) in [5, 5.41) is 17.9. The number of aryl methyl sites for hydroxylation is 1. The number of rotatable bonds is 4. The number of nitro groups is 1. The van der Waals surface area contributed by atoms with Gasteiger partial charge in [-0.3, -0.25) is 19.8 Å². The van der Waals surface area contributed by atoms with Crippen molar-refractivity contribution in [3.8, 4) is 0 Å². The van der Waals surface area contributed by atoms with Crippen LogP contribution in [0, 0.1) is 10.1 Å². The number of likely N-dealkylation sites (tertiary alicyclic amines) is 1. The van der Waals surface area contributed by atoms with Gasteiger partial charge in [0.15, 0.2) is 0 Å². The van der Waals surface area contributed by atoms with Gasteiger partial charge in [0.25, 0.3) is 0 Å². The molecular formula is C16H20N6O3. The van der Waals surface area contributed by atoms with Crippen LogP contribution in [-0.4, -0.2) is 43.7 Å². The van der Waals surface area contributed by atoms with Gasteiger partial charge in [-0.25, -0.2) is 4.79 Å². The van der Waals surface area contributed by atoms with Gasteiger partial charge >= 0.3 is 11.7 Å². The summed E-state index contributed by atoms with van der Waals surface area (Å²) in [4.78, 5) is 28.2. The van der Waals surface area contributed by atoms with Crippen molar-refractivity contribution in [2.45, 2.75) is 32.2 Å².